The predicted molar refractivity (Wildman–Crippen MR) is 88.9 cm³/mol. The molecule has 0 bridgehead atoms. The number of hydrogen-bond donors (Lipinski definition) is 2. The zero-order valence-electron chi connectivity index (χ0n) is 14.2. The Kier molecular flexibility index (Phi) is 4.51. The van der Waals surface area contributed by atoms with Crippen molar-refractivity contribution in [3.8, 4) is 0 Å². The lowest BCUT2D eigenvalue weighted by molar-refractivity contribution is -0.120. The Morgan fingerprint density at radius 2 is 2.08 bits per heavy atom. The van der Waals surface area contributed by atoms with Crippen LogP contribution in [0.1, 0.15) is 67.2 Å². The first-order chi connectivity index (χ1) is 11.5. The van der Waals surface area contributed by atoms with Gasteiger partial charge < -0.3 is 15.2 Å². The van der Waals surface area contributed by atoms with Gasteiger partial charge in [0.15, 0.2) is 0 Å². The first-order valence-corrected chi connectivity index (χ1v) is 8.36. The Morgan fingerprint density at radius 1 is 1.33 bits per heavy atom. The van der Waals surface area contributed by atoms with Crippen LogP contribution in [0.4, 0.5) is 0 Å². The number of nitrogens with zero attached hydrogens (tertiary/aromatic N) is 2. The van der Waals surface area contributed by atoms with Crippen LogP contribution in [0.25, 0.3) is 11.1 Å². The minimum atomic E-state index is -0.305. The summed E-state index contributed by atoms with van der Waals surface area (Å²) in [6, 6.07) is 1.82. The van der Waals surface area contributed by atoms with E-state index < -0.39 is 0 Å². The highest BCUT2D eigenvalue weighted by Crippen LogP contribution is 2.41. The van der Waals surface area contributed by atoms with E-state index in [1.807, 2.05) is 26.8 Å². The van der Waals surface area contributed by atoms with Gasteiger partial charge in [-0.05, 0) is 31.7 Å². The van der Waals surface area contributed by atoms with Crippen molar-refractivity contribution in [2.45, 2.75) is 45.4 Å². The average molecular weight is 330 g/mol. The van der Waals surface area contributed by atoms with E-state index in [0.717, 1.165) is 18.5 Å². The van der Waals surface area contributed by atoms with Crippen LogP contribution < -0.4 is 10.6 Å². The van der Waals surface area contributed by atoms with E-state index in [-0.39, 0.29) is 24.3 Å². The highest BCUT2D eigenvalue weighted by atomic mass is 16.5. The quantitative estimate of drug-likeness (QED) is 0.845. The van der Waals surface area contributed by atoms with E-state index in [2.05, 4.69) is 20.8 Å². The minimum absolute atomic E-state index is 0.0580. The van der Waals surface area contributed by atoms with E-state index in [1.54, 1.807) is 0 Å². The van der Waals surface area contributed by atoms with Crippen LogP contribution in [-0.4, -0.2) is 35.0 Å². The van der Waals surface area contributed by atoms with Crippen molar-refractivity contribution in [3.63, 3.8) is 0 Å². The summed E-state index contributed by atoms with van der Waals surface area (Å²) in [6.45, 7) is 6.28. The smallest absolute Gasteiger partial charge is 0.259 e. The Hall–Kier alpha value is -2.44. The Labute approximate surface area is 140 Å². The molecule has 0 radical (unpaired) electrons. The van der Waals surface area contributed by atoms with Crippen LogP contribution in [0.2, 0.25) is 0 Å². The highest BCUT2D eigenvalue weighted by Gasteiger charge is 2.29. The molecule has 1 aliphatic rings. The van der Waals surface area contributed by atoms with Gasteiger partial charge in [-0.15, -0.1) is 0 Å². The van der Waals surface area contributed by atoms with E-state index in [1.165, 1.54) is 0 Å². The molecule has 2 aromatic rings. The highest BCUT2D eigenvalue weighted by molar-refractivity contribution is 6.07. The molecule has 0 saturated heterocycles. The molecule has 0 spiro atoms. The molecule has 2 N–H and O–H groups in total. The van der Waals surface area contributed by atoms with Crippen LogP contribution in [0, 0.1) is 0 Å². The van der Waals surface area contributed by atoms with Gasteiger partial charge in [0, 0.05) is 18.2 Å². The third kappa shape index (κ3) is 3.25. The fraction of sp³-hybridized carbons (Fsp3) is 0.529. The van der Waals surface area contributed by atoms with Crippen molar-refractivity contribution in [2.24, 2.45) is 0 Å². The Bertz CT molecular complexity index is 777. The van der Waals surface area contributed by atoms with E-state index >= 15 is 0 Å². The molecule has 7 nitrogen and oxygen atoms in total. The lowest BCUT2D eigenvalue weighted by atomic mass is 10.0. The lowest BCUT2D eigenvalue weighted by Gasteiger charge is -2.09. The standard InChI is InChI=1S/C17H22N4O3/c1-4-18-13(22)8-19-16(23)11-7-12(10-5-6-10)20-17-14(11)15(9(2)3)21-24-17/h7,9-10H,4-6,8H2,1-3H3,(H,18,22)(H,19,23). The van der Waals surface area contributed by atoms with Crippen molar-refractivity contribution in [1.82, 2.24) is 20.8 Å². The topological polar surface area (TPSA) is 97.1 Å². The van der Waals surface area contributed by atoms with Gasteiger partial charge in [0.1, 0.15) is 0 Å². The SMILES string of the molecule is CCNC(=O)CNC(=O)c1cc(C2CC2)nc2onc(C(C)C)c12. The summed E-state index contributed by atoms with van der Waals surface area (Å²) in [7, 11) is 0. The first-order valence-electron chi connectivity index (χ1n) is 8.36. The molecule has 2 amide bonds. The number of carbonyl (C=O) groups excluding carboxylic acids is 2. The maximum absolute atomic E-state index is 12.6. The Balaban J connectivity index is 1.95. The molecule has 2 heterocycles. The fourth-order valence-corrected chi connectivity index (χ4v) is 2.67. The summed E-state index contributed by atoms with van der Waals surface area (Å²) in [5.41, 5.74) is 2.45. The van der Waals surface area contributed by atoms with Gasteiger partial charge in [0.25, 0.3) is 11.6 Å². The van der Waals surface area contributed by atoms with Crippen molar-refractivity contribution in [2.75, 3.05) is 13.1 Å². The van der Waals surface area contributed by atoms with Gasteiger partial charge in [-0.2, -0.15) is 0 Å². The molecular weight excluding hydrogens is 308 g/mol. The Morgan fingerprint density at radius 3 is 2.71 bits per heavy atom. The monoisotopic (exact) mass is 330 g/mol. The van der Waals surface area contributed by atoms with Crippen molar-refractivity contribution >= 4 is 22.9 Å². The second-order valence-electron chi connectivity index (χ2n) is 6.41. The van der Waals surface area contributed by atoms with Crippen LogP contribution >= 0.6 is 0 Å². The molecule has 0 unspecified atom stereocenters. The zero-order chi connectivity index (χ0) is 17.3. The van der Waals surface area contributed by atoms with Gasteiger partial charge in [-0.1, -0.05) is 19.0 Å². The molecule has 0 aliphatic heterocycles. The normalized spacial score (nSPS) is 14.2. The molecule has 128 valence electrons. The number of fused-ring (bicyclic) bond motifs is 1. The van der Waals surface area contributed by atoms with Gasteiger partial charge in [0.05, 0.1) is 23.2 Å². The third-order valence-electron chi connectivity index (χ3n) is 4.06. The molecular formula is C17H22N4O3. The van der Waals surface area contributed by atoms with Crippen molar-refractivity contribution in [3.05, 3.63) is 23.0 Å². The predicted octanol–water partition coefficient (Wildman–Crippen LogP) is 2.09. The maximum Gasteiger partial charge on any atom is 0.259 e. The van der Waals surface area contributed by atoms with Crippen molar-refractivity contribution in [1.29, 1.82) is 0 Å². The molecule has 7 heteroatoms. The van der Waals surface area contributed by atoms with Gasteiger partial charge in [0.2, 0.25) is 5.91 Å². The number of nitrogens with one attached hydrogen (secondary N) is 2. The number of hydrogen-bond acceptors (Lipinski definition) is 5. The maximum atomic E-state index is 12.6. The average Bonchev–Trinajstić information content (AvgIpc) is 3.31. The molecule has 1 aliphatic carbocycles. The zero-order valence-corrected chi connectivity index (χ0v) is 14.2. The summed E-state index contributed by atoms with van der Waals surface area (Å²) in [4.78, 5) is 28.8. The molecule has 0 atom stereocenters. The van der Waals surface area contributed by atoms with Crippen LogP contribution in [0.3, 0.4) is 0 Å². The summed E-state index contributed by atoms with van der Waals surface area (Å²) in [5, 5.41) is 10.1. The molecule has 24 heavy (non-hydrogen) atoms. The summed E-state index contributed by atoms with van der Waals surface area (Å²) in [5.74, 6) is -0.0275. The van der Waals surface area contributed by atoms with E-state index in [4.69, 9.17) is 4.52 Å². The van der Waals surface area contributed by atoms with Crippen LogP contribution in [-0.2, 0) is 4.79 Å². The number of pyridine rings is 1. The second kappa shape index (κ2) is 6.59. The molecule has 1 saturated carbocycles. The summed E-state index contributed by atoms with van der Waals surface area (Å²) in [6.07, 6.45) is 2.15. The number of aromatic nitrogens is 2. The molecule has 1 fully saturated rings. The molecule has 2 aromatic heterocycles. The van der Waals surface area contributed by atoms with Gasteiger partial charge >= 0.3 is 0 Å². The minimum Gasteiger partial charge on any atom is -0.355 e. The number of carbonyl (C=O) groups is 2. The molecule has 3 rings (SSSR count). The summed E-state index contributed by atoms with van der Waals surface area (Å²) >= 11 is 0. The van der Waals surface area contributed by atoms with Gasteiger partial charge in [-0.25, -0.2) is 4.98 Å². The lowest BCUT2D eigenvalue weighted by Crippen LogP contribution is -2.36. The first kappa shape index (κ1) is 16.4. The van der Waals surface area contributed by atoms with Crippen molar-refractivity contribution < 1.29 is 14.1 Å². The van der Waals surface area contributed by atoms with E-state index in [9.17, 15) is 9.59 Å². The summed E-state index contributed by atoms with van der Waals surface area (Å²) < 4.78 is 5.36. The van der Waals surface area contributed by atoms with Crippen LogP contribution in [0.5, 0.6) is 0 Å². The van der Waals surface area contributed by atoms with Crippen LogP contribution in [0.15, 0.2) is 10.6 Å². The number of rotatable bonds is 6. The molecule has 0 aromatic carbocycles. The third-order valence-corrected chi connectivity index (χ3v) is 4.06. The fourth-order valence-electron chi connectivity index (χ4n) is 2.67. The number of amides is 2. The van der Waals surface area contributed by atoms with Gasteiger partial charge in [-0.3, -0.25) is 9.59 Å². The second-order valence-corrected chi connectivity index (χ2v) is 6.41. The largest absolute Gasteiger partial charge is 0.355 e. The van der Waals surface area contributed by atoms with E-state index in [0.29, 0.717) is 34.8 Å². The number of likely N-dealkylation sites (N-methyl/N-ethyl adjacent to an activating group) is 1.